The topological polar surface area (TPSA) is 37.8 Å². The molecule has 0 saturated heterocycles. The number of nitrogens with zero attached hydrogens (tertiary/aromatic N) is 2. The molecule has 1 rings (SSSR count). The van der Waals surface area contributed by atoms with Crippen LogP contribution in [0.15, 0.2) is 10.7 Å². The molecule has 0 fully saturated rings. The molecular weight excluding hydrogens is 302 g/mol. The van der Waals surface area contributed by atoms with Crippen LogP contribution in [-0.2, 0) is 5.41 Å². The maximum absolute atomic E-state index is 4.59. The average molecular weight is 328 g/mol. The third-order valence-electron chi connectivity index (χ3n) is 2.88. The van der Waals surface area contributed by atoms with Gasteiger partial charge >= 0.3 is 0 Å². The highest BCUT2D eigenvalue weighted by Gasteiger charge is 2.18. The zero-order chi connectivity index (χ0) is 14.5. The molecule has 3 nitrogen and oxygen atoms in total. The van der Waals surface area contributed by atoms with Crippen LogP contribution in [0.2, 0.25) is 0 Å². The highest BCUT2D eigenvalue weighted by molar-refractivity contribution is 9.10. The number of hydrogen-bond donors (Lipinski definition) is 1. The first kappa shape index (κ1) is 16.4. The predicted molar refractivity (Wildman–Crippen MR) is 85.6 cm³/mol. The molecule has 0 aliphatic heterocycles. The van der Waals surface area contributed by atoms with Crippen molar-refractivity contribution >= 4 is 21.7 Å². The van der Waals surface area contributed by atoms with Gasteiger partial charge in [0.1, 0.15) is 16.2 Å². The fourth-order valence-corrected chi connectivity index (χ4v) is 2.12. The lowest BCUT2D eigenvalue weighted by Gasteiger charge is -2.18. The summed E-state index contributed by atoms with van der Waals surface area (Å²) in [5, 5.41) is 3.39. The molecule has 0 bridgehead atoms. The molecule has 0 atom stereocenters. The molecule has 0 aliphatic carbocycles. The van der Waals surface area contributed by atoms with Crippen LogP contribution in [0.4, 0.5) is 5.82 Å². The van der Waals surface area contributed by atoms with Crippen molar-refractivity contribution in [3.05, 3.63) is 16.5 Å². The molecule has 0 unspecified atom stereocenters. The summed E-state index contributed by atoms with van der Waals surface area (Å²) in [5.41, 5.74) is -0.0299. The highest BCUT2D eigenvalue weighted by atomic mass is 79.9. The lowest BCUT2D eigenvalue weighted by Crippen LogP contribution is -2.17. The van der Waals surface area contributed by atoms with E-state index < -0.39 is 0 Å². The number of unbranched alkanes of at least 4 members (excludes halogenated alkanes) is 1. The van der Waals surface area contributed by atoms with Gasteiger partial charge in [0.2, 0.25) is 0 Å². The molecule has 0 amide bonds. The van der Waals surface area contributed by atoms with E-state index in [1.54, 1.807) is 0 Å². The van der Waals surface area contributed by atoms with Gasteiger partial charge in [0.05, 0.1) is 0 Å². The van der Waals surface area contributed by atoms with Crippen molar-refractivity contribution in [3.63, 3.8) is 0 Å². The van der Waals surface area contributed by atoms with Gasteiger partial charge in [-0.3, -0.25) is 0 Å². The molecule has 0 radical (unpaired) electrons. The highest BCUT2D eigenvalue weighted by Crippen LogP contribution is 2.22. The van der Waals surface area contributed by atoms with Crippen molar-refractivity contribution in [1.82, 2.24) is 9.97 Å². The minimum Gasteiger partial charge on any atom is -0.370 e. The molecule has 19 heavy (non-hydrogen) atoms. The second-order valence-electron chi connectivity index (χ2n) is 6.47. The molecule has 4 heteroatoms. The first-order valence-corrected chi connectivity index (χ1v) is 7.87. The van der Waals surface area contributed by atoms with Crippen molar-refractivity contribution in [1.29, 1.82) is 0 Å². The lowest BCUT2D eigenvalue weighted by atomic mass is 9.96. The zero-order valence-corrected chi connectivity index (χ0v) is 14.3. The fraction of sp³-hybridized carbons (Fsp3) is 0.733. The minimum absolute atomic E-state index is 0.0299. The van der Waals surface area contributed by atoms with Gasteiger partial charge in [0.15, 0.2) is 0 Å². The molecule has 0 aromatic carbocycles. The smallest absolute Gasteiger partial charge is 0.137 e. The van der Waals surface area contributed by atoms with Crippen LogP contribution in [0.1, 0.15) is 59.7 Å². The third-order valence-corrected chi connectivity index (χ3v) is 3.29. The summed E-state index contributed by atoms with van der Waals surface area (Å²) in [5.74, 6) is 2.57. The van der Waals surface area contributed by atoms with E-state index in [2.05, 4.69) is 65.8 Å². The Morgan fingerprint density at radius 2 is 1.89 bits per heavy atom. The summed E-state index contributed by atoms with van der Waals surface area (Å²) in [6.45, 7) is 11.9. The normalized spacial score (nSPS) is 11.9. The van der Waals surface area contributed by atoms with E-state index in [0.29, 0.717) is 0 Å². The van der Waals surface area contributed by atoms with Gasteiger partial charge in [-0.25, -0.2) is 9.97 Å². The number of hydrogen-bond acceptors (Lipinski definition) is 3. The molecule has 0 aliphatic rings. The van der Waals surface area contributed by atoms with Crippen molar-refractivity contribution in [2.24, 2.45) is 5.92 Å². The Balaban J connectivity index is 2.52. The molecule has 1 N–H and O–H groups in total. The Hall–Kier alpha value is -0.640. The number of nitrogens with one attached hydrogen (secondary N) is 1. The summed E-state index contributed by atoms with van der Waals surface area (Å²) in [7, 11) is 0. The minimum atomic E-state index is -0.0299. The first-order valence-electron chi connectivity index (χ1n) is 7.08. The molecule has 1 aromatic heterocycles. The quantitative estimate of drug-likeness (QED) is 0.603. The van der Waals surface area contributed by atoms with Gasteiger partial charge < -0.3 is 5.32 Å². The van der Waals surface area contributed by atoms with Gasteiger partial charge in [-0.1, -0.05) is 47.5 Å². The Bertz CT molecular complexity index is 397. The zero-order valence-electron chi connectivity index (χ0n) is 12.8. The first-order chi connectivity index (χ1) is 8.79. The summed E-state index contributed by atoms with van der Waals surface area (Å²) in [6.07, 6.45) is 3.75. The second kappa shape index (κ2) is 7.22. The van der Waals surface area contributed by atoms with Crippen LogP contribution in [0.25, 0.3) is 0 Å². The predicted octanol–water partition coefficient (Wildman–Crippen LogP) is 4.77. The van der Waals surface area contributed by atoms with Gasteiger partial charge in [0, 0.05) is 18.0 Å². The SMILES string of the molecule is CC(C)CCCCNc1cc(Br)nc(C(C)(C)C)n1. The van der Waals surface area contributed by atoms with Crippen LogP contribution in [0.3, 0.4) is 0 Å². The van der Waals surface area contributed by atoms with E-state index in [1.807, 2.05) is 6.07 Å². The monoisotopic (exact) mass is 327 g/mol. The van der Waals surface area contributed by atoms with Crippen molar-refractivity contribution in [2.75, 3.05) is 11.9 Å². The van der Waals surface area contributed by atoms with Gasteiger partial charge in [-0.2, -0.15) is 0 Å². The average Bonchev–Trinajstić information content (AvgIpc) is 2.26. The van der Waals surface area contributed by atoms with Crippen molar-refractivity contribution < 1.29 is 0 Å². The van der Waals surface area contributed by atoms with Crippen LogP contribution >= 0.6 is 15.9 Å². The molecule has 0 spiro atoms. The van der Waals surface area contributed by atoms with E-state index >= 15 is 0 Å². The molecule has 0 saturated carbocycles. The lowest BCUT2D eigenvalue weighted by molar-refractivity contribution is 0.540. The van der Waals surface area contributed by atoms with Crippen LogP contribution in [0.5, 0.6) is 0 Å². The van der Waals surface area contributed by atoms with E-state index in [1.165, 1.54) is 19.3 Å². The van der Waals surface area contributed by atoms with E-state index in [4.69, 9.17) is 0 Å². The maximum atomic E-state index is 4.59. The number of aromatic nitrogens is 2. The summed E-state index contributed by atoms with van der Waals surface area (Å²) in [4.78, 5) is 9.02. The van der Waals surface area contributed by atoms with Crippen molar-refractivity contribution in [2.45, 2.75) is 59.3 Å². The third kappa shape index (κ3) is 6.37. The standard InChI is InChI=1S/C15H26BrN3/c1-11(2)8-6-7-9-17-13-10-12(16)18-14(19-13)15(3,4)5/h10-11H,6-9H2,1-5H3,(H,17,18,19). The molecular formula is C15H26BrN3. The number of anilines is 1. The molecule has 1 aromatic rings. The van der Waals surface area contributed by atoms with Crippen molar-refractivity contribution in [3.8, 4) is 0 Å². The van der Waals surface area contributed by atoms with Crippen LogP contribution in [-0.4, -0.2) is 16.5 Å². The summed E-state index contributed by atoms with van der Waals surface area (Å²) < 4.78 is 0.845. The van der Waals surface area contributed by atoms with Crippen LogP contribution < -0.4 is 5.32 Å². The summed E-state index contributed by atoms with van der Waals surface area (Å²) in [6, 6.07) is 1.94. The fourth-order valence-electron chi connectivity index (χ4n) is 1.74. The van der Waals surface area contributed by atoms with Gasteiger partial charge in [0.25, 0.3) is 0 Å². The van der Waals surface area contributed by atoms with Gasteiger partial charge in [-0.15, -0.1) is 0 Å². The largest absolute Gasteiger partial charge is 0.370 e. The van der Waals surface area contributed by atoms with Gasteiger partial charge in [-0.05, 0) is 28.3 Å². The van der Waals surface area contributed by atoms with E-state index in [0.717, 1.165) is 28.7 Å². The van der Waals surface area contributed by atoms with E-state index in [-0.39, 0.29) is 5.41 Å². The molecule has 108 valence electrons. The number of halogens is 1. The van der Waals surface area contributed by atoms with E-state index in [9.17, 15) is 0 Å². The summed E-state index contributed by atoms with van der Waals surface area (Å²) >= 11 is 3.46. The number of rotatable bonds is 6. The Morgan fingerprint density at radius 3 is 2.47 bits per heavy atom. The second-order valence-corrected chi connectivity index (χ2v) is 7.28. The Labute approximate surface area is 125 Å². The molecule has 1 heterocycles. The Morgan fingerprint density at radius 1 is 1.21 bits per heavy atom. The Kier molecular flexibility index (Phi) is 6.24. The maximum Gasteiger partial charge on any atom is 0.137 e. The van der Waals surface area contributed by atoms with Crippen LogP contribution in [0, 0.1) is 5.92 Å².